The van der Waals surface area contributed by atoms with Gasteiger partial charge in [0.05, 0.1) is 29.6 Å². The van der Waals surface area contributed by atoms with Crippen LogP contribution in [0, 0.1) is 6.92 Å². The fraction of sp³-hybridized carbons (Fsp3) is 0.182. The number of alkyl halides is 6. The number of halogens is 6. The third-order valence-electron chi connectivity index (χ3n) is 4.85. The first-order valence-electron chi connectivity index (χ1n) is 9.92. The van der Waals surface area contributed by atoms with E-state index in [9.17, 15) is 31.1 Å². The molecule has 35 heavy (non-hydrogen) atoms. The number of carbonyl (C=O) groups is 1. The van der Waals surface area contributed by atoms with E-state index in [1.807, 2.05) is 0 Å². The van der Waals surface area contributed by atoms with Gasteiger partial charge in [-0.05, 0) is 36.8 Å². The summed E-state index contributed by atoms with van der Waals surface area (Å²) >= 11 is 0. The van der Waals surface area contributed by atoms with E-state index in [0.29, 0.717) is 11.8 Å². The SMILES string of the molecule is Cc1cccc(-c2cc(C(=O)Nc3cnn(Cc4ccc(C(F)(F)F)cc4C(F)(F)F)c3)no2)n1. The Kier molecular flexibility index (Phi) is 6.09. The Morgan fingerprint density at radius 2 is 1.83 bits per heavy atom. The van der Waals surface area contributed by atoms with Gasteiger partial charge in [0.25, 0.3) is 5.91 Å². The van der Waals surface area contributed by atoms with Crippen molar-refractivity contribution < 1.29 is 35.7 Å². The molecule has 1 aromatic carbocycles. The highest BCUT2D eigenvalue weighted by molar-refractivity contribution is 6.03. The molecule has 0 radical (unpaired) electrons. The maximum atomic E-state index is 13.4. The van der Waals surface area contributed by atoms with Gasteiger partial charge in [0.2, 0.25) is 0 Å². The summed E-state index contributed by atoms with van der Waals surface area (Å²) in [5.74, 6) is -0.408. The summed E-state index contributed by atoms with van der Waals surface area (Å²) in [4.78, 5) is 16.7. The Bertz CT molecular complexity index is 1370. The lowest BCUT2D eigenvalue weighted by atomic mass is 10.0. The summed E-state index contributed by atoms with van der Waals surface area (Å²) in [7, 11) is 0. The largest absolute Gasteiger partial charge is 0.416 e. The van der Waals surface area contributed by atoms with Crippen LogP contribution in [-0.4, -0.2) is 25.8 Å². The zero-order valence-electron chi connectivity index (χ0n) is 17.8. The van der Waals surface area contributed by atoms with Gasteiger partial charge in [0, 0.05) is 18.0 Å². The van der Waals surface area contributed by atoms with Crippen LogP contribution < -0.4 is 5.32 Å². The van der Waals surface area contributed by atoms with Crippen molar-refractivity contribution in [1.29, 1.82) is 0 Å². The summed E-state index contributed by atoms with van der Waals surface area (Å²) in [5.41, 5.74) is -1.98. The molecule has 182 valence electrons. The quantitative estimate of drug-likeness (QED) is 0.366. The van der Waals surface area contributed by atoms with Crippen LogP contribution in [0.4, 0.5) is 32.0 Å². The Morgan fingerprint density at radius 1 is 1.06 bits per heavy atom. The van der Waals surface area contributed by atoms with Crippen LogP contribution in [0.5, 0.6) is 0 Å². The molecule has 3 heterocycles. The lowest BCUT2D eigenvalue weighted by Crippen LogP contribution is -2.15. The fourth-order valence-electron chi connectivity index (χ4n) is 3.22. The van der Waals surface area contributed by atoms with Crippen molar-refractivity contribution in [2.24, 2.45) is 0 Å². The summed E-state index contributed by atoms with van der Waals surface area (Å²) in [5, 5.41) is 10.0. The fourth-order valence-corrected chi connectivity index (χ4v) is 3.22. The number of hydrogen-bond acceptors (Lipinski definition) is 5. The predicted octanol–water partition coefficient (Wildman–Crippen LogP) is 5.58. The Morgan fingerprint density at radius 3 is 2.51 bits per heavy atom. The minimum Gasteiger partial charge on any atom is -0.354 e. The number of anilines is 1. The van der Waals surface area contributed by atoms with Crippen molar-refractivity contribution in [1.82, 2.24) is 19.9 Å². The van der Waals surface area contributed by atoms with Crippen LogP contribution >= 0.6 is 0 Å². The molecular weight excluding hydrogens is 480 g/mol. The number of aryl methyl sites for hydroxylation is 1. The van der Waals surface area contributed by atoms with E-state index in [2.05, 4.69) is 20.6 Å². The first-order chi connectivity index (χ1) is 16.4. The molecule has 0 saturated carbocycles. The second-order valence-electron chi connectivity index (χ2n) is 7.49. The molecular formula is C22H15F6N5O2. The highest BCUT2D eigenvalue weighted by Gasteiger charge is 2.38. The third-order valence-corrected chi connectivity index (χ3v) is 4.85. The van der Waals surface area contributed by atoms with E-state index in [-0.39, 0.29) is 23.2 Å². The van der Waals surface area contributed by atoms with E-state index in [0.717, 1.165) is 16.4 Å². The van der Waals surface area contributed by atoms with Gasteiger partial charge in [-0.25, -0.2) is 4.98 Å². The number of rotatable bonds is 5. The molecule has 7 nitrogen and oxygen atoms in total. The van der Waals surface area contributed by atoms with Crippen LogP contribution in [-0.2, 0) is 18.9 Å². The second kappa shape index (κ2) is 8.89. The topological polar surface area (TPSA) is 85.8 Å². The molecule has 4 rings (SSSR count). The molecule has 0 aliphatic heterocycles. The van der Waals surface area contributed by atoms with Gasteiger partial charge < -0.3 is 9.84 Å². The van der Waals surface area contributed by atoms with Gasteiger partial charge in [0.1, 0.15) is 5.69 Å². The third kappa shape index (κ3) is 5.50. The van der Waals surface area contributed by atoms with Crippen LogP contribution in [0.2, 0.25) is 0 Å². The maximum Gasteiger partial charge on any atom is 0.416 e. The van der Waals surface area contributed by atoms with E-state index in [1.54, 1.807) is 25.1 Å². The van der Waals surface area contributed by atoms with E-state index < -0.39 is 41.5 Å². The second-order valence-corrected chi connectivity index (χ2v) is 7.49. The Hall–Kier alpha value is -4.16. The normalized spacial score (nSPS) is 12.1. The number of benzene rings is 1. The summed E-state index contributed by atoms with van der Waals surface area (Å²) in [6, 6.07) is 7.98. The molecule has 3 aromatic heterocycles. The maximum absolute atomic E-state index is 13.4. The van der Waals surface area contributed by atoms with E-state index in [1.165, 1.54) is 18.5 Å². The molecule has 0 spiro atoms. The number of nitrogens with one attached hydrogen (secondary N) is 1. The number of aromatic nitrogens is 4. The smallest absolute Gasteiger partial charge is 0.354 e. The molecule has 1 amide bonds. The average molecular weight is 495 g/mol. The zero-order valence-corrected chi connectivity index (χ0v) is 17.8. The minimum atomic E-state index is -5.00. The van der Waals surface area contributed by atoms with Gasteiger partial charge in [-0.2, -0.15) is 31.4 Å². The number of hydrogen-bond donors (Lipinski definition) is 1. The standard InChI is InChI=1S/C22H15F6N5O2/c1-12-3-2-4-17(30-12)19-8-18(32-35-19)20(34)31-15-9-29-33(11-15)10-13-5-6-14(21(23,24)25)7-16(13)22(26,27)28/h2-9,11H,10H2,1H3,(H,31,34). The molecule has 0 aliphatic rings. The molecule has 0 atom stereocenters. The summed E-state index contributed by atoms with van der Waals surface area (Å²) < 4.78 is 84.8. The van der Waals surface area contributed by atoms with Crippen molar-refractivity contribution >= 4 is 11.6 Å². The molecule has 0 unspecified atom stereocenters. The summed E-state index contributed by atoms with van der Waals surface area (Å²) in [6.45, 7) is 1.31. The molecule has 4 aromatic rings. The lowest BCUT2D eigenvalue weighted by Gasteiger charge is -2.16. The number of carbonyl (C=O) groups excluding carboxylic acids is 1. The van der Waals surface area contributed by atoms with Crippen molar-refractivity contribution in [3.63, 3.8) is 0 Å². The van der Waals surface area contributed by atoms with Gasteiger partial charge >= 0.3 is 12.4 Å². The van der Waals surface area contributed by atoms with Gasteiger partial charge in [-0.1, -0.05) is 17.3 Å². The molecule has 0 fully saturated rings. The van der Waals surface area contributed by atoms with Crippen molar-refractivity contribution in [3.05, 3.63) is 82.9 Å². The van der Waals surface area contributed by atoms with Gasteiger partial charge in [0.15, 0.2) is 11.5 Å². The van der Waals surface area contributed by atoms with Crippen LogP contribution in [0.3, 0.4) is 0 Å². The predicted molar refractivity (Wildman–Crippen MR) is 110 cm³/mol. The van der Waals surface area contributed by atoms with Crippen LogP contribution in [0.15, 0.2) is 59.4 Å². The molecule has 13 heteroatoms. The molecule has 0 bridgehead atoms. The highest BCUT2D eigenvalue weighted by Crippen LogP contribution is 2.37. The van der Waals surface area contributed by atoms with Crippen molar-refractivity contribution in [2.45, 2.75) is 25.8 Å². The first-order valence-corrected chi connectivity index (χ1v) is 9.92. The van der Waals surface area contributed by atoms with Crippen LogP contribution in [0.1, 0.15) is 32.9 Å². The van der Waals surface area contributed by atoms with Crippen molar-refractivity contribution in [3.8, 4) is 11.5 Å². The zero-order chi connectivity index (χ0) is 25.4. The molecule has 1 N–H and O–H groups in total. The lowest BCUT2D eigenvalue weighted by molar-refractivity contribution is -0.143. The monoisotopic (exact) mass is 495 g/mol. The first kappa shape index (κ1) is 24.0. The van der Waals surface area contributed by atoms with Gasteiger partial charge in [-0.3, -0.25) is 9.48 Å². The number of amides is 1. The van der Waals surface area contributed by atoms with Crippen LogP contribution in [0.25, 0.3) is 11.5 Å². The van der Waals surface area contributed by atoms with Gasteiger partial charge in [-0.15, -0.1) is 0 Å². The Labute approximate surface area is 193 Å². The molecule has 0 aliphatic carbocycles. The highest BCUT2D eigenvalue weighted by atomic mass is 19.4. The number of nitrogens with zero attached hydrogens (tertiary/aromatic N) is 4. The average Bonchev–Trinajstić information content (AvgIpc) is 3.42. The summed E-state index contributed by atoms with van der Waals surface area (Å²) in [6.07, 6.45) is -7.51. The Balaban J connectivity index is 1.49. The molecule has 0 saturated heterocycles. The van der Waals surface area contributed by atoms with E-state index >= 15 is 0 Å². The van der Waals surface area contributed by atoms with E-state index in [4.69, 9.17) is 4.52 Å². The number of pyridine rings is 1. The minimum absolute atomic E-state index is 0.0623. The van der Waals surface area contributed by atoms with Crippen molar-refractivity contribution in [2.75, 3.05) is 5.32 Å².